The van der Waals surface area contributed by atoms with Crippen LogP contribution in [-0.2, 0) is 9.84 Å². The summed E-state index contributed by atoms with van der Waals surface area (Å²) in [4.78, 5) is 13.3. The Hall–Kier alpha value is -0.680. The van der Waals surface area contributed by atoms with Crippen molar-refractivity contribution in [3.05, 3.63) is 21.9 Å². The first kappa shape index (κ1) is 14.4. The molecule has 1 aromatic rings. The molecule has 0 saturated heterocycles. The van der Waals surface area contributed by atoms with Crippen LogP contribution in [-0.4, -0.2) is 25.7 Å². The van der Waals surface area contributed by atoms with Gasteiger partial charge < -0.3 is 0 Å². The summed E-state index contributed by atoms with van der Waals surface area (Å²) in [5, 5.41) is 0. The van der Waals surface area contributed by atoms with Crippen LogP contribution in [0.5, 0.6) is 0 Å². The van der Waals surface area contributed by atoms with E-state index in [0.29, 0.717) is 17.2 Å². The van der Waals surface area contributed by atoms with Gasteiger partial charge in [-0.05, 0) is 31.4 Å². The molecule has 1 rings (SSSR count). The number of ketones is 1. The molecule has 5 heteroatoms. The molecule has 0 amide bonds. The van der Waals surface area contributed by atoms with E-state index in [1.807, 2.05) is 26.8 Å². The van der Waals surface area contributed by atoms with E-state index in [9.17, 15) is 13.2 Å². The van der Waals surface area contributed by atoms with Crippen molar-refractivity contribution >= 4 is 27.0 Å². The maximum absolute atomic E-state index is 11.7. The van der Waals surface area contributed by atoms with Gasteiger partial charge in [-0.25, -0.2) is 8.42 Å². The highest BCUT2D eigenvalue weighted by atomic mass is 32.2. The van der Waals surface area contributed by atoms with Crippen LogP contribution in [0.3, 0.4) is 0 Å². The van der Waals surface area contributed by atoms with Crippen LogP contribution >= 0.6 is 11.3 Å². The molecule has 0 aromatic carbocycles. The van der Waals surface area contributed by atoms with Crippen molar-refractivity contribution in [2.75, 3.05) is 11.5 Å². The molecular formula is C12H18O3S2. The average Bonchev–Trinajstić information content (AvgIpc) is 2.61. The second-order valence-corrected chi connectivity index (χ2v) is 8.08. The molecule has 0 atom stereocenters. The van der Waals surface area contributed by atoms with E-state index in [2.05, 4.69) is 0 Å². The number of hydrogen-bond donors (Lipinski definition) is 0. The van der Waals surface area contributed by atoms with Crippen molar-refractivity contribution in [2.45, 2.75) is 27.2 Å². The monoisotopic (exact) mass is 274 g/mol. The largest absolute Gasteiger partial charge is 0.292 e. The summed E-state index contributed by atoms with van der Waals surface area (Å²) in [7, 11) is -3.26. The quantitative estimate of drug-likeness (QED) is 0.749. The van der Waals surface area contributed by atoms with E-state index in [0.717, 1.165) is 4.88 Å². The van der Waals surface area contributed by atoms with Crippen LogP contribution in [0.4, 0.5) is 0 Å². The molecule has 0 aliphatic heterocycles. The summed E-state index contributed by atoms with van der Waals surface area (Å²) in [6, 6.07) is 3.53. The lowest BCUT2D eigenvalue weighted by Gasteiger charge is -2.05. The van der Waals surface area contributed by atoms with Gasteiger partial charge in [0.2, 0.25) is 0 Å². The fourth-order valence-corrected chi connectivity index (χ4v) is 3.77. The first-order valence-corrected chi connectivity index (χ1v) is 8.24. The highest BCUT2D eigenvalue weighted by molar-refractivity contribution is 7.92. The van der Waals surface area contributed by atoms with E-state index in [1.165, 1.54) is 11.3 Å². The third kappa shape index (κ3) is 5.00. The predicted octanol–water partition coefficient (Wildman–Crippen LogP) is 2.70. The van der Waals surface area contributed by atoms with Crippen LogP contribution in [0.15, 0.2) is 12.1 Å². The molecule has 17 heavy (non-hydrogen) atoms. The van der Waals surface area contributed by atoms with Gasteiger partial charge in [0.15, 0.2) is 15.6 Å². The number of rotatable bonds is 6. The SMILES string of the molecule is Cc1ccc(C(=O)CS(=O)(=O)CCC(C)C)s1. The maximum atomic E-state index is 11.7. The zero-order valence-electron chi connectivity index (χ0n) is 10.4. The molecule has 0 bridgehead atoms. The number of aryl methyl sites for hydroxylation is 1. The molecule has 1 aromatic heterocycles. The lowest BCUT2D eigenvalue weighted by Crippen LogP contribution is -2.19. The summed E-state index contributed by atoms with van der Waals surface area (Å²) < 4.78 is 23.4. The van der Waals surface area contributed by atoms with Crippen LogP contribution in [0.1, 0.15) is 34.8 Å². The van der Waals surface area contributed by atoms with Crippen molar-refractivity contribution in [2.24, 2.45) is 5.92 Å². The average molecular weight is 274 g/mol. The van der Waals surface area contributed by atoms with Crippen molar-refractivity contribution < 1.29 is 13.2 Å². The number of carbonyl (C=O) groups is 1. The minimum atomic E-state index is -3.26. The second-order valence-electron chi connectivity index (χ2n) is 4.61. The molecule has 0 aliphatic rings. The zero-order valence-corrected chi connectivity index (χ0v) is 12.0. The third-order valence-electron chi connectivity index (χ3n) is 2.37. The maximum Gasteiger partial charge on any atom is 0.187 e. The molecule has 0 aliphatic carbocycles. The normalized spacial score (nSPS) is 12.0. The van der Waals surface area contributed by atoms with Gasteiger partial charge in [-0.3, -0.25) is 4.79 Å². The van der Waals surface area contributed by atoms with Gasteiger partial charge in [-0.2, -0.15) is 0 Å². The summed E-state index contributed by atoms with van der Waals surface area (Å²) in [6.07, 6.45) is 0.610. The highest BCUT2D eigenvalue weighted by Gasteiger charge is 2.19. The van der Waals surface area contributed by atoms with Crippen LogP contribution < -0.4 is 0 Å². The molecular weight excluding hydrogens is 256 g/mol. The Bertz CT molecular complexity index is 484. The number of thiophene rings is 1. The number of carbonyl (C=O) groups excluding carboxylic acids is 1. The van der Waals surface area contributed by atoms with Crippen molar-refractivity contribution in [1.29, 1.82) is 0 Å². The third-order valence-corrected chi connectivity index (χ3v) is 4.97. The van der Waals surface area contributed by atoms with Gasteiger partial charge in [0.05, 0.1) is 10.6 Å². The Kier molecular flexibility index (Phi) is 4.89. The fraction of sp³-hybridized carbons (Fsp3) is 0.583. The Labute approximate surface area is 107 Å². The van der Waals surface area contributed by atoms with Crippen LogP contribution in [0.2, 0.25) is 0 Å². The van der Waals surface area contributed by atoms with Crippen molar-refractivity contribution in [3.8, 4) is 0 Å². The first-order chi connectivity index (χ1) is 7.80. The number of sulfone groups is 1. The molecule has 3 nitrogen and oxygen atoms in total. The molecule has 0 fully saturated rings. The Morgan fingerprint density at radius 1 is 1.35 bits per heavy atom. The molecule has 1 heterocycles. The molecule has 0 N–H and O–H groups in total. The molecule has 0 unspecified atom stereocenters. The van der Waals surface area contributed by atoms with E-state index in [1.54, 1.807) is 6.07 Å². The van der Waals surface area contributed by atoms with Gasteiger partial charge in [0.25, 0.3) is 0 Å². The number of Topliss-reactive ketones (excluding diaryl/α,β-unsaturated/α-hetero) is 1. The second kappa shape index (κ2) is 5.78. The molecule has 0 radical (unpaired) electrons. The summed E-state index contributed by atoms with van der Waals surface area (Å²) >= 11 is 1.35. The minimum Gasteiger partial charge on any atom is -0.292 e. The standard InChI is InChI=1S/C12H18O3S2/c1-9(2)6-7-17(14,15)8-11(13)12-5-4-10(3)16-12/h4-5,9H,6-8H2,1-3H3. The first-order valence-electron chi connectivity index (χ1n) is 5.60. The van der Waals surface area contributed by atoms with Crippen molar-refractivity contribution in [3.63, 3.8) is 0 Å². The van der Waals surface area contributed by atoms with Gasteiger partial charge in [0.1, 0.15) is 5.75 Å². The van der Waals surface area contributed by atoms with Gasteiger partial charge >= 0.3 is 0 Å². The Balaban J connectivity index is 2.62. The van der Waals surface area contributed by atoms with Crippen molar-refractivity contribution in [1.82, 2.24) is 0 Å². The lowest BCUT2D eigenvalue weighted by atomic mass is 10.2. The Morgan fingerprint density at radius 2 is 2.00 bits per heavy atom. The van der Waals surface area contributed by atoms with Gasteiger partial charge in [0, 0.05) is 4.88 Å². The van der Waals surface area contributed by atoms with E-state index < -0.39 is 9.84 Å². The van der Waals surface area contributed by atoms with Gasteiger partial charge in [-0.15, -0.1) is 11.3 Å². The predicted molar refractivity (Wildman–Crippen MR) is 71.5 cm³/mol. The summed E-state index contributed by atoms with van der Waals surface area (Å²) in [5.74, 6) is -0.212. The van der Waals surface area contributed by atoms with E-state index >= 15 is 0 Å². The molecule has 96 valence electrons. The smallest absolute Gasteiger partial charge is 0.187 e. The number of hydrogen-bond acceptors (Lipinski definition) is 4. The van der Waals surface area contributed by atoms with Crippen LogP contribution in [0.25, 0.3) is 0 Å². The molecule has 0 spiro atoms. The minimum absolute atomic E-state index is 0.0980. The van der Waals surface area contributed by atoms with E-state index in [4.69, 9.17) is 0 Å². The fourth-order valence-electron chi connectivity index (χ4n) is 1.34. The lowest BCUT2D eigenvalue weighted by molar-refractivity contribution is 0.102. The molecule has 0 saturated carbocycles. The topological polar surface area (TPSA) is 51.2 Å². The van der Waals surface area contributed by atoms with E-state index in [-0.39, 0.29) is 17.3 Å². The van der Waals surface area contributed by atoms with Gasteiger partial charge in [-0.1, -0.05) is 13.8 Å². The summed E-state index contributed by atoms with van der Waals surface area (Å²) in [6.45, 7) is 5.84. The summed E-state index contributed by atoms with van der Waals surface area (Å²) in [5.41, 5.74) is 0. The Morgan fingerprint density at radius 3 is 2.47 bits per heavy atom. The van der Waals surface area contributed by atoms with Crippen LogP contribution in [0, 0.1) is 12.8 Å². The zero-order chi connectivity index (χ0) is 13.1. The highest BCUT2D eigenvalue weighted by Crippen LogP contribution is 2.16.